The molecule has 0 spiro atoms. The lowest BCUT2D eigenvalue weighted by molar-refractivity contribution is -0.146. The maximum Gasteiger partial charge on any atom is 0.308 e. The Bertz CT molecular complexity index is 592. The van der Waals surface area contributed by atoms with E-state index in [-0.39, 0.29) is 11.9 Å². The number of rotatable bonds is 7. The van der Waals surface area contributed by atoms with Crippen molar-refractivity contribution >= 4 is 11.9 Å². The summed E-state index contributed by atoms with van der Waals surface area (Å²) in [6.07, 6.45) is 5.27. The summed E-state index contributed by atoms with van der Waals surface area (Å²) in [5, 5.41) is 11.6. The molecule has 1 unspecified atom stereocenters. The summed E-state index contributed by atoms with van der Waals surface area (Å²) in [6, 6.07) is 0.355. The van der Waals surface area contributed by atoms with E-state index in [9.17, 15) is 4.79 Å². The van der Waals surface area contributed by atoms with Gasteiger partial charge in [-0.2, -0.15) is 0 Å². The molecule has 0 radical (unpaired) electrons. The molecule has 1 aromatic heterocycles. The molecule has 26 heavy (non-hydrogen) atoms. The second-order valence-electron chi connectivity index (χ2n) is 6.74. The molecule has 1 saturated heterocycles. The predicted octanol–water partition coefficient (Wildman–Crippen LogP) is 1.47. The molecule has 0 aliphatic carbocycles. The highest BCUT2D eigenvalue weighted by Crippen LogP contribution is 2.18. The number of likely N-dealkylation sites (tertiary alicyclic amines) is 1. The Hall–Kier alpha value is -2.12. The van der Waals surface area contributed by atoms with Crippen molar-refractivity contribution in [3.8, 4) is 0 Å². The molecule has 2 heterocycles. The molecule has 8 heteroatoms. The second kappa shape index (κ2) is 10.1. The number of nitrogens with zero attached hydrogens (tertiary/aromatic N) is 5. The molecule has 1 aromatic rings. The number of aryl methyl sites for hydroxylation is 1. The monoisotopic (exact) mass is 364 g/mol. The number of nitrogens with one attached hydrogen (secondary N) is 1. The fraction of sp³-hybridized carbons (Fsp3) is 0.778. The van der Waals surface area contributed by atoms with E-state index >= 15 is 0 Å². The predicted molar refractivity (Wildman–Crippen MR) is 101 cm³/mol. The second-order valence-corrected chi connectivity index (χ2v) is 6.74. The zero-order valence-corrected chi connectivity index (χ0v) is 16.4. The number of aromatic nitrogens is 3. The van der Waals surface area contributed by atoms with Gasteiger partial charge in [0.1, 0.15) is 12.2 Å². The number of methoxy groups -OCH3 is 1. The number of hydrogen-bond acceptors (Lipinski definition) is 5. The zero-order valence-electron chi connectivity index (χ0n) is 16.4. The van der Waals surface area contributed by atoms with Gasteiger partial charge in [0.25, 0.3) is 0 Å². The third kappa shape index (κ3) is 5.44. The third-order valence-electron chi connectivity index (χ3n) is 4.93. The van der Waals surface area contributed by atoms with E-state index < -0.39 is 0 Å². The first-order valence-corrected chi connectivity index (χ1v) is 9.59. The van der Waals surface area contributed by atoms with E-state index in [1.165, 1.54) is 7.11 Å². The molecule has 1 aliphatic heterocycles. The Morgan fingerprint density at radius 1 is 1.42 bits per heavy atom. The van der Waals surface area contributed by atoms with E-state index in [4.69, 9.17) is 9.73 Å². The van der Waals surface area contributed by atoms with Gasteiger partial charge in [-0.05, 0) is 26.2 Å². The number of carbonyl (C=O) groups excluding carboxylic acids is 1. The maximum absolute atomic E-state index is 11.7. The lowest BCUT2D eigenvalue weighted by Crippen LogP contribution is -2.49. The van der Waals surface area contributed by atoms with Gasteiger partial charge in [-0.3, -0.25) is 9.79 Å². The first-order chi connectivity index (χ1) is 12.6. The standard InChI is InChI=1S/C18H32N6O2/c1-5-14(3)21-18(19-9-12-24-13-20-22-16(24)6-2)23-10-7-15(8-11-23)17(25)26-4/h13-15H,5-12H2,1-4H3,(H,19,21). The van der Waals surface area contributed by atoms with Gasteiger partial charge in [0, 0.05) is 32.1 Å². The minimum absolute atomic E-state index is 0.00485. The maximum atomic E-state index is 11.7. The summed E-state index contributed by atoms with van der Waals surface area (Å²) < 4.78 is 6.93. The zero-order chi connectivity index (χ0) is 18.9. The number of carbonyl (C=O) groups is 1. The smallest absolute Gasteiger partial charge is 0.308 e. The van der Waals surface area contributed by atoms with Crippen LogP contribution < -0.4 is 5.32 Å². The first-order valence-electron chi connectivity index (χ1n) is 9.59. The van der Waals surface area contributed by atoms with Gasteiger partial charge in [0.2, 0.25) is 0 Å². The molecular formula is C18H32N6O2. The van der Waals surface area contributed by atoms with Crippen LogP contribution in [-0.4, -0.2) is 64.4 Å². The highest BCUT2D eigenvalue weighted by Gasteiger charge is 2.27. The normalized spacial score (nSPS) is 17.2. The van der Waals surface area contributed by atoms with Crippen LogP contribution in [0.1, 0.15) is 45.9 Å². The van der Waals surface area contributed by atoms with E-state index in [1.807, 2.05) is 4.57 Å². The van der Waals surface area contributed by atoms with Crippen molar-refractivity contribution < 1.29 is 9.53 Å². The lowest BCUT2D eigenvalue weighted by Gasteiger charge is -2.34. The molecule has 0 bridgehead atoms. The minimum atomic E-state index is -0.0993. The van der Waals surface area contributed by atoms with Crippen molar-refractivity contribution in [3.05, 3.63) is 12.2 Å². The average molecular weight is 364 g/mol. The van der Waals surface area contributed by atoms with Crippen molar-refractivity contribution in [2.45, 2.75) is 59.0 Å². The van der Waals surface area contributed by atoms with E-state index in [1.54, 1.807) is 6.33 Å². The summed E-state index contributed by atoms with van der Waals surface area (Å²) in [4.78, 5) is 18.8. The van der Waals surface area contributed by atoms with Crippen LogP contribution in [0, 0.1) is 5.92 Å². The van der Waals surface area contributed by atoms with Crippen LogP contribution in [0.2, 0.25) is 0 Å². The average Bonchev–Trinajstić information content (AvgIpc) is 3.14. The molecule has 146 valence electrons. The number of piperidine rings is 1. The minimum Gasteiger partial charge on any atom is -0.469 e. The molecule has 1 N–H and O–H groups in total. The summed E-state index contributed by atoms with van der Waals surface area (Å²) >= 11 is 0. The lowest BCUT2D eigenvalue weighted by atomic mass is 9.97. The van der Waals surface area contributed by atoms with Crippen LogP contribution in [0.25, 0.3) is 0 Å². The molecule has 8 nitrogen and oxygen atoms in total. The van der Waals surface area contributed by atoms with Gasteiger partial charge in [0.05, 0.1) is 19.6 Å². The molecule has 1 aliphatic rings. The van der Waals surface area contributed by atoms with Gasteiger partial charge in [-0.1, -0.05) is 13.8 Å². The van der Waals surface area contributed by atoms with Crippen LogP contribution >= 0.6 is 0 Å². The van der Waals surface area contributed by atoms with Crippen molar-refractivity contribution in [1.82, 2.24) is 25.0 Å². The first kappa shape index (κ1) is 20.2. The fourth-order valence-electron chi connectivity index (χ4n) is 3.06. The van der Waals surface area contributed by atoms with Crippen LogP contribution in [-0.2, 0) is 22.5 Å². The number of esters is 1. The van der Waals surface area contributed by atoms with Crippen LogP contribution in [0.4, 0.5) is 0 Å². The van der Waals surface area contributed by atoms with E-state index in [2.05, 4.69) is 41.2 Å². The molecule has 0 aromatic carbocycles. The third-order valence-corrected chi connectivity index (χ3v) is 4.93. The summed E-state index contributed by atoms with van der Waals surface area (Å²) in [5.74, 6) is 1.81. The Kier molecular flexibility index (Phi) is 7.87. The SMILES string of the molecule is CCc1nncn1CCN=C(NC(C)CC)N1CCC(C(=O)OC)CC1. The van der Waals surface area contributed by atoms with Crippen molar-refractivity contribution in [2.24, 2.45) is 10.9 Å². The Morgan fingerprint density at radius 2 is 2.15 bits per heavy atom. The van der Waals surface area contributed by atoms with E-state index in [0.29, 0.717) is 12.6 Å². The van der Waals surface area contributed by atoms with E-state index in [0.717, 1.165) is 57.1 Å². The number of ether oxygens (including phenoxy) is 1. The highest BCUT2D eigenvalue weighted by atomic mass is 16.5. The number of aliphatic imine (C=N–C) groups is 1. The molecule has 1 fully saturated rings. The van der Waals surface area contributed by atoms with Crippen LogP contribution in [0.3, 0.4) is 0 Å². The summed E-state index contributed by atoms with van der Waals surface area (Å²) in [6.45, 7) is 9.45. The largest absolute Gasteiger partial charge is 0.469 e. The summed E-state index contributed by atoms with van der Waals surface area (Å²) in [7, 11) is 1.46. The van der Waals surface area contributed by atoms with Crippen molar-refractivity contribution in [2.75, 3.05) is 26.7 Å². The molecular weight excluding hydrogens is 332 g/mol. The van der Waals surface area contributed by atoms with Crippen LogP contribution in [0.15, 0.2) is 11.3 Å². The van der Waals surface area contributed by atoms with Gasteiger partial charge in [-0.25, -0.2) is 0 Å². The molecule has 0 saturated carbocycles. The quantitative estimate of drug-likeness (QED) is 0.448. The van der Waals surface area contributed by atoms with Crippen molar-refractivity contribution in [1.29, 1.82) is 0 Å². The van der Waals surface area contributed by atoms with Gasteiger partial charge in [0.15, 0.2) is 5.96 Å². The Balaban J connectivity index is 1.98. The highest BCUT2D eigenvalue weighted by molar-refractivity contribution is 5.81. The number of hydrogen-bond donors (Lipinski definition) is 1. The Morgan fingerprint density at radius 3 is 2.77 bits per heavy atom. The van der Waals surface area contributed by atoms with Gasteiger partial charge < -0.3 is 19.5 Å². The molecule has 2 rings (SSSR count). The van der Waals surface area contributed by atoms with Crippen LogP contribution in [0.5, 0.6) is 0 Å². The fourth-order valence-corrected chi connectivity index (χ4v) is 3.06. The molecule has 0 amide bonds. The van der Waals surface area contributed by atoms with Gasteiger partial charge >= 0.3 is 5.97 Å². The topological polar surface area (TPSA) is 84.6 Å². The Labute approximate surface area is 156 Å². The van der Waals surface area contributed by atoms with Crippen molar-refractivity contribution in [3.63, 3.8) is 0 Å². The van der Waals surface area contributed by atoms with Gasteiger partial charge in [-0.15, -0.1) is 10.2 Å². The number of guanidine groups is 1. The molecule has 1 atom stereocenters. The summed E-state index contributed by atoms with van der Waals surface area (Å²) in [5.41, 5.74) is 0.